The number of benzene rings is 2. The van der Waals surface area contributed by atoms with Gasteiger partial charge in [0.25, 0.3) is 0 Å². The van der Waals surface area contributed by atoms with E-state index >= 15 is 0 Å². The summed E-state index contributed by atoms with van der Waals surface area (Å²) in [7, 11) is 0. The van der Waals surface area contributed by atoms with Crippen molar-refractivity contribution in [1.29, 1.82) is 0 Å². The Kier molecular flexibility index (Phi) is 5.29. The molecule has 0 aliphatic carbocycles. The Labute approximate surface area is 147 Å². The van der Waals surface area contributed by atoms with Gasteiger partial charge in [-0.15, -0.1) is 0 Å². The molecule has 1 heterocycles. The summed E-state index contributed by atoms with van der Waals surface area (Å²) in [6.07, 6.45) is 1.10. The maximum absolute atomic E-state index is 11.2. The second kappa shape index (κ2) is 7.79. The van der Waals surface area contributed by atoms with Crippen LogP contribution in [0.3, 0.4) is 0 Å². The van der Waals surface area contributed by atoms with Gasteiger partial charge in [-0.2, -0.15) is 0 Å². The van der Waals surface area contributed by atoms with Crippen molar-refractivity contribution in [3.8, 4) is 17.2 Å². The number of oxazole rings is 1. The van der Waals surface area contributed by atoms with Crippen LogP contribution in [0.4, 0.5) is 0 Å². The lowest BCUT2D eigenvalue weighted by Crippen LogP contribution is -2.03. The Morgan fingerprint density at radius 2 is 1.92 bits per heavy atom. The Hall–Kier alpha value is -2.88. The third kappa shape index (κ3) is 4.57. The van der Waals surface area contributed by atoms with E-state index in [-0.39, 0.29) is 5.78 Å². The van der Waals surface area contributed by atoms with Gasteiger partial charge in [-0.25, -0.2) is 4.98 Å². The zero-order valence-corrected chi connectivity index (χ0v) is 14.5. The molecule has 3 rings (SSSR count). The fourth-order valence-electron chi connectivity index (χ4n) is 2.66. The van der Waals surface area contributed by atoms with E-state index in [1.165, 1.54) is 0 Å². The van der Waals surface area contributed by atoms with Gasteiger partial charge in [0.2, 0.25) is 5.89 Å². The third-order valence-electron chi connectivity index (χ3n) is 3.87. The number of Topliss-reactive ketones (excluding diaryl/α,β-unsaturated/α-hetero) is 1. The van der Waals surface area contributed by atoms with Gasteiger partial charge in [-0.05, 0) is 43.7 Å². The second-order valence-corrected chi connectivity index (χ2v) is 6.01. The molecular weight excluding hydrogens is 314 g/mol. The largest absolute Gasteiger partial charge is 0.493 e. The van der Waals surface area contributed by atoms with Crippen LogP contribution < -0.4 is 4.74 Å². The minimum Gasteiger partial charge on any atom is -0.493 e. The molecule has 0 spiro atoms. The number of aryl methyl sites for hydroxylation is 1. The smallest absolute Gasteiger partial charge is 0.226 e. The van der Waals surface area contributed by atoms with E-state index in [1.807, 2.05) is 61.5 Å². The van der Waals surface area contributed by atoms with E-state index in [1.54, 1.807) is 6.92 Å². The predicted octanol–water partition coefficient (Wildman–Crippen LogP) is 4.40. The van der Waals surface area contributed by atoms with E-state index < -0.39 is 0 Å². The fourth-order valence-corrected chi connectivity index (χ4v) is 2.66. The van der Waals surface area contributed by atoms with Gasteiger partial charge >= 0.3 is 0 Å². The molecule has 4 nitrogen and oxygen atoms in total. The van der Waals surface area contributed by atoms with E-state index in [4.69, 9.17) is 9.15 Å². The maximum atomic E-state index is 11.2. The van der Waals surface area contributed by atoms with Gasteiger partial charge in [0.1, 0.15) is 17.3 Å². The van der Waals surface area contributed by atoms with E-state index in [0.29, 0.717) is 25.3 Å². The lowest BCUT2D eigenvalue weighted by molar-refractivity contribution is -0.116. The monoisotopic (exact) mass is 335 g/mol. The summed E-state index contributed by atoms with van der Waals surface area (Å²) in [5.74, 6) is 2.36. The molecule has 0 aliphatic rings. The van der Waals surface area contributed by atoms with Crippen molar-refractivity contribution >= 4 is 5.78 Å². The Balaban J connectivity index is 1.61. The van der Waals surface area contributed by atoms with Crippen LogP contribution in [-0.4, -0.2) is 17.4 Å². The molecule has 0 fully saturated rings. The van der Waals surface area contributed by atoms with Crippen molar-refractivity contribution in [2.24, 2.45) is 0 Å². The molecule has 0 unspecified atom stereocenters. The molecule has 0 aliphatic heterocycles. The van der Waals surface area contributed by atoms with Crippen molar-refractivity contribution < 1.29 is 13.9 Å². The van der Waals surface area contributed by atoms with Crippen LogP contribution in [0.5, 0.6) is 5.75 Å². The third-order valence-corrected chi connectivity index (χ3v) is 3.87. The summed E-state index contributed by atoms with van der Waals surface area (Å²) >= 11 is 0. The average molecular weight is 335 g/mol. The highest BCUT2D eigenvalue weighted by atomic mass is 16.5. The Morgan fingerprint density at radius 3 is 2.68 bits per heavy atom. The van der Waals surface area contributed by atoms with E-state index in [2.05, 4.69) is 4.98 Å². The Morgan fingerprint density at radius 1 is 1.12 bits per heavy atom. The number of hydrogen-bond donors (Lipinski definition) is 0. The molecule has 0 radical (unpaired) electrons. The lowest BCUT2D eigenvalue weighted by Gasteiger charge is -2.07. The molecule has 0 bridgehead atoms. The zero-order chi connectivity index (χ0) is 17.6. The van der Waals surface area contributed by atoms with Crippen LogP contribution in [0.25, 0.3) is 11.5 Å². The van der Waals surface area contributed by atoms with Gasteiger partial charge in [-0.3, -0.25) is 4.79 Å². The van der Waals surface area contributed by atoms with Crippen LogP contribution in [0, 0.1) is 6.92 Å². The topological polar surface area (TPSA) is 52.3 Å². The molecule has 0 amide bonds. The molecule has 3 aromatic rings. The molecule has 1 aromatic heterocycles. The summed E-state index contributed by atoms with van der Waals surface area (Å²) < 4.78 is 11.6. The normalized spacial score (nSPS) is 10.6. The van der Waals surface area contributed by atoms with E-state index in [9.17, 15) is 4.79 Å². The molecule has 4 heteroatoms. The van der Waals surface area contributed by atoms with Crippen LogP contribution in [-0.2, 0) is 17.6 Å². The standard InChI is InChI=1S/C21H21NO3/c1-15(23)13-17-7-6-10-19(14-17)24-12-11-20-16(2)25-21(22-20)18-8-4-3-5-9-18/h3-10,14H,11-13H2,1-2H3. The summed E-state index contributed by atoms with van der Waals surface area (Å²) in [5, 5.41) is 0. The summed E-state index contributed by atoms with van der Waals surface area (Å²) in [6.45, 7) is 4.01. The zero-order valence-electron chi connectivity index (χ0n) is 14.5. The average Bonchev–Trinajstić information content (AvgIpc) is 2.96. The summed E-state index contributed by atoms with van der Waals surface area (Å²) in [5.41, 5.74) is 2.84. The minimum absolute atomic E-state index is 0.142. The molecule has 128 valence electrons. The first kappa shape index (κ1) is 17.0. The molecule has 0 saturated heterocycles. The highest BCUT2D eigenvalue weighted by molar-refractivity contribution is 5.78. The van der Waals surface area contributed by atoms with Crippen molar-refractivity contribution in [2.45, 2.75) is 26.7 Å². The number of rotatable bonds is 7. The fraction of sp³-hybridized carbons (Fsp3) is 0.238. The van der Waals surface area contributed by atoms with Crippen molar-refractivity contribution in [3.63, 3.8) is 0 Å². The number of carbonyl (C=O) groups is 1. The summed E-state index contributed by atoms with van der Waals surface area (Å²) in [4.78, 5) is 15.8. The molecule has 2 aromatic carbocycles. The SMILES string of the molecule is CC(=O)Cc1cccc(OCCc2nc(-c3ccccc3)oc2C)c1. The second-order valence-electron chi connectivity index (χ2n) is 6.01. The van der Waals surface area contributed by atoms with Gasteiger partial charge in [0.15, 0.2) is 0 Å². The first-order chi connectivity index (χ1) is 12.1. The van der Waals surface area contributed by atoms with Crippen molar-refractivity contribution in [3.05, 3.63) is 71.6 Å². The maximum Gasteiger partial charge on any atom is 0.226 e. The number of hydrogen-bond acceptors (Lipinski definition) is 4. The highest BCUT2D eigenvalue weighted by Crippen LogP contribution is 2.22. The van der Waals surface area contributed by atoms with Gasteiger partial charge in [-0.1, -0.05) is 30.3 Å². The quantitative estimate of drug-likeness (QED) is 0.642. The molecule has 0 saturated carbocycles. The number of nitrogens with zero attached hydrogens (tertiary/aromatic N) is 1. The molecule has 0 N–H and O–H groups in total. The van der Waals surface area contributed by atoms with Crippen molar-refractivity contribution in [1.82, 2.24) is 4.98 Å². The molecular formula is C21H21NO3. The summed E-state index contributed by atoms with van der Waals surface area (Å²) in [6, 6.07) is 17.5. The molecule has 25 heavy (non-hydrogen) atoms. The van der Waals surface area contributed by atoms with Crippen LogP contribution >= 0.6 is 0 Å². The minimum atomic E-state index is 0.142. The van der Waals surface area contributed by atoms with Crippen LogP contribution in [0.2, 0.25) is 0 Å². The lowest BCUT2D eigenvalue weighted by atomic mass is 10.1. The van der Waals surface area contributed by atoms with Gasteiger partial charge < -0.3 is 9.15 Å². The number of carbonyl (C=O) groups excluding carboxylic acids is 1. The first-order valence-electron chi connectivity index (χ1n) is 8.35. The van der Waals surface area contributed by atoms with Gasteiger partial charge in [0.05, 0.1) is 12.3 Å². The highest BCUT2D eigenvalue weighted by Gasteiger charge is 2.11. The van der Waals surface area contributed by atoms with Crippen molar-refractivity contribution in [2.75, 3.05) is 6.61 Å². The van der Waals surface area contributed by atoms with Crippen LogP contribution in [0.1, 0.15) is 23.9 Å². The van der Waals surface area contributed by atoms with Gasteiger partial charge in [0, 0.05) is 18.4 Å². The van der Waals surface area contributed by atoms with E-state index in [0.717, 1.165) is 28.3 Å². The molecule has 0 atom stereocenters. The predicted molar refractivity (Wildman–Crippen MR) is 96.7 cm³/mol. The number of ether oxygens (including phenoxy) is 1. The number of aromatic nitrogens is 1. The number of ketones is 1. The Bertz CT molecular complexity index is 853. The van der Waals surface area contributed by atoms with Crippen LogP contribution in [0.15, 0.2) is 59.0 Å². The first-order valence-corrected chi connectivity index (χ1v) is 8.35.